The first kappa shape index (κ1) is 27.1. The maximum absolute atomic E-state index is 14.3. The first-order valence-electron chi connectivity index (χ1n) is 11.6. The number of carboxylic acid groups (broad SMARTS) is 1. The summed E-state index contributed by atoms with van der Waals surface area (Å²) in [6.07, 6.45) is -1.82. The number of benzene rings is 2. The van der Waals surface area contributed by atoms with E-state index in [9.17, 15) is 33.1 Å². The summed E-state index contributed by atoms with van der Waals surface area (Å²) in [4.78, 5) is 33.2. The molecule has 3 heterocycles. The molecule has 5 aromatic rings. The molecule has 40 heavy (non-hydrogen) atoms. The van der Waals surface area contributed by atoms with Crippen LogP contribution in [0.4, 0.5) is 13.2 Å². The van der Waals surface area contributed by atoms with Crippen molar-refractivity contribution in [2.75, 3.05) is 6.61 Å². The molecule has 13 heteroatoms. The molecule has 0 saturated carbocycles. The molecule has 2 aromatic carbocycles. The van der Waals surface area contributed by atoms with Gasteiger partial charge in [0, 0.05) is 33.8 Å². The van der Waals surface area contributed by atoms with Crippen LogP contribution in [0.25, 0.3) is 32.2 Å². The van der Waals surface area contributed by atoms with Gasteiger partial charge in [-0.3, -0.25) is 14.3 Å². The molecule has 0 bridgehead atoms. The molecule has 0 unspecified atom stereocenters. The lowest BCUT2D eigenvalue weighted by molar-refractivity contribution is 0.0699. The van der Waals surface area contributed by atoms with Crippen LogP contribution in [-0.2, 0) is 6.54 Å². The Hall–Kier alpha value is -4.47. The number of fused-ring (bicyclic) bond motifs is 2. The van der Waals surface area contributed by atoms with Crippen LogP contribution in [-0.4, -0.2) is 32.2 Å². The van der Waals surface area contributed by atoms with Gasteiger partial charge in [-0.25, -0.2) is 22.9 Å². The molecule has 0 aliphatic rings. The minimum atomic E-state index is -3.30. The van der Waals surface area contributed by atoms with E-state index in [1.165, 1.54) is 35.9 Å². The van der Waals surface area contributed by atoms with Crippen LogP contribution in [0.5, 0.6) is 5.75 Å². The smallest absolute Gasteiger partial charge is 0.338 e. The predicted molar refractivity (Wildman–Crippen MR) is 143 cm³/mol. The molecule has 0 aliphatic heterocycles. The maximum Gasteiger partial charge on any atom is 0.338 e. The number of halogens is 4. The van der Waals surface area contributed by atoms with Gasteiger partial charge in [0.2, 0.25) is 0 Å². The van der Waals surface area contributed by atoms with E-state index >= 15 is 0 Å². The Balaban J connectivity index is 1.51. The summed E-state index contributed by atoms with van der Waals surface area (Å²) in [5.74, 6) is -1.87. The number of nitriles is 1. The second kappa shape index (κ2) is 10.6. The van der Waals surface area contributed by atoms with Crippen molar-refractivity contribution in [3.8, 4) is 22.9 Å². The van der Waals surface area contributed by atoms with Crippen LogP contribution in [0.1, 0.15) is 33.7 Å². The molecule has 1 N–H and O–H groups in total. The lowest BCUT2D eigenvalue weighted by Crippen LogP contribution is -2.27. The number of rotatable bonds is 7. The minimum absolute atomic E-state index is 0.0663. The van der Waals surface area contributed by atoms with Crippen LogP contribution in [0.2, 0.25) is 5.02 Å². The number of carboxylic acids is 1. The van der Waals surface area contributed by atoms with Crippen molar-refractivity contribution >= 4 is 50.0 Å². The number of hydrogen-bond donors (Lipinski definition) is 1. The number of carbonyl (C=O) groups is 1. The fourth-order valence-electron chi connectivity index (χ4n) is 4.45. The highest BCUT2D eigenvalue weighted by molar-refractivity contribution is 7.18. The van der Waals surface area contributed by atoms with Gasteiger partial charge in [-0.2, -0.15) is 5.26 Å². The van der Waals surface area contributed by atoms with Crippen molar-refractivity contribution in [1.82, 2.24) is 14.5 Å². The van der Waals surface area contributed by atoms with E-state index in [4.69, 9.17) is 16.3 Å². The van der Waals surface area contributed by atoms with E-state index in [0.29, 0.717) is 32.1 Å². The molecule has 0 radical (unpaired) electrons. The zero-order valence-electron chi connectivity index (χ0n) is 20.4. The first-order valence-corrected chi connectivity index (χ1v) is 12.8. The van der Waals surface area contributed by atoms with Gasteiger partial charge in [0.1, 0.15) is 30.1 Å². The lowest BCUT2D eigenvalue weighted by atomic mass is 10.0. The van der Waals surface area contributed by atoms with Crippen molar-refractivity contribution < 1.29 is 27.8 Å². The molecule has 202 valence electrons. The zero-order chi connectivity index (χ0) is 28.7. The van der Waals surface area contributed by atoms with Crippen LogP contribution < -0.4 is 10.3 Å². The van der Waals surface area contributed by atoms with Crippen molar-refractivity contribution in [3.05, 3.63) is 85.6 Å². The molecular formula is C27H16ClF3N4O4S. The molecule has 0 spiro atoms. The fraction of sp³-hybridized carbons (Fsp3) is 0.148. The molecule has 3 aromatic heterocycles. The van der Waals surface area contributed by atoms with Crippen LogP contribution in [0.3, 0.4) is 0 Å². The molecule has 0 saturated heterocycles. The number of alkyl halides is 2. The molecule has 8 nitrogen and oxygen atoms in total. The second-order valence-corrected chi connectivity index (χ2v) is 9.87. The van der Waals surface area contributed by atoms with E-state index in [-0.39, 0.29) is 30.1 Å². The molecule has 0 fully saturated rings. The van der Waals surface area contributed by atoms with Gasteiger partial charge in [-0.15, -0.1) is 11.3 Å². The normalized spacial score (nSPS) is 11.3. The van der Waals surface area contributed by atoms with Crippen molar-refractivity contribution in [2.45, 2.75) is 19.9 Å². The highest BCUT2D eigenvalue weighted by atomic mass is 35.5. The Morgan fingerprint density at radius 2 is 2.05 bits per heavy atom. The Labute approximate surface area is 232 Å². The quantitative estimate of drug-likeness (QED) is 0.236. The summed E-state index contributed by atoms with van der Waals surface area (Å²) >= 11 is 7.46. The van der Waals surface area contributed by atoms with Gasteiger partial charge in [0.05, 0.1) is 44.4 Å². The average molecular weight is 585 g/mol. The van der Waals surface area contributed by atoms with Crippen molar-refractivity contribution in [1.29, 1.82) is 5.26 Å². The highest BCUT2D eigenvalue weighted by Gasteiger charge is 2.25. The second-order valence-electron chi connectivity index (χ2n) is 8.55. The van der Waals surface area contributed by atoms with Crippen molar-refractivity contribution in [3.63, 3.8) is 0 Å². The highest BCUT2D eigenvalue weighted by Crippen LogP contribution is 2.39. The maximum atomic E-state index is 14.3. The predicted octanol–water partition coefficient (Wildman–Crippen LogP) is 6.36. The third-order valence-electron chi connectivity index (χ3n) is 6.25. The number of thiophene rings is 1. The first-order chi connectivity index (χ1) is 19.1. The van der Waals surface area contributed by atoms with E-state index in [1.807, 2.05) is 0 Å². The third-order valence-corrected chi connectivity index (χ3v) is 7.48. The third kappa shape index (κ3) is 4.63. The average Bonchev–Trinajstić information content (AvgIpc) is 3.35. The van der Waals surface area contributed by atoms with Crippen LogP contribution >= 0.6 is 22.9 Å². The van der Waals surface area contributed by atoms with E-state index in [0.717, 1.165) is 10.6 Å². The van der Waals surface area contributed by atoms with E-state index in [1.54, 1.807) is 24.3 Å². The largest absolute Gasteiger partial charge is 0.491 e. The van der Waals surface area contributed by atoms with Crippen LogP contribution in [0.15, 0.2) is 46.7 Å². The monoisotopic (exact) mass is 584 g/mol. The van der Waals surface area contributed by atoms with Gasteiger partial charge in [-0.1, -0.05) is 11.6 Å². The molecule has 0 atom stereocenters. The molecule has 5 rings (SSSR count). The van der Waals surface area contributed by atoms with Gasteiger partial charge in [0.25, 0.3) is 12.0 Å². The summed E-state index contributed by atoms with van der Waals surface area (Å²) in [6, 6.07) is 8.83. The summed E-state index contributed by atoms with van der Waals surface area (Å²) in [5.41, 5.74) is -1.29. The number of hydrogen-bond acceptors (Lipinski definition) is 7. The lowest BCUT2D eigenvalue weighted by Gasteiger charge is -2.16. The number of aromatic carboxylic acids is 1. The van der Waals surface area contributed by atoms with E-state index in [2.05, 4.69) is 9.97 Å². The van der Waals surface area contributed by atoms with Crippen LogP contribution in [0, 0.1) is 24.1 Å². The van der Waals surface area contributed by atoms with Gasteiger partial charge < -0.3 is 9.84 Å². The molecule has 0 aliphatic carbocycles. The number of ether oxygens (including phenoxy) is 1. The number of pyridine rings is 1. The van der Waals surface area contributed by atoms with Crippen molar-refractivity contribution in [2.24, 2.45) is 0 Å². The molecule has 0 amide bonds. The summed E-state index contributed by atoms with van der Waals surface area (Å²) in [7, 11) is 0. The summed E-state index contributed by atoms with van der Waals surface area (Å²) in [5, 5.41) is 20.4. The number of aromatic nitrogens is 3. The topological polar surface area (TPSA) is 118 Å². The minimum Gasteiger partial charge on any atom is -0.491 e. The van der Waals surface area contributed by atoms with E-state index < -0.39 is 40.3 Å². The SMILES string of the molecule is Cc1nc2cc(F)c(C(F)F)c(C#N)c2c(=O)n1CCOc1ccc(Cl)cc1-c1ccnc2c(C(=O)O)csc12. The van der Waals surface area contributed by atoms with Gasteiger partial charge >= 0.3 is 5.97 Å². The Kier molecular flexibility index (Phi) is 7.18. The van der Waals surface area contributed by atoms with Gasteiger partial charge in [0.15, 0.2) is 0 Å². The summed E-state index contributed by atoms with van der Waals surface area (Å²) < 4.78 is 49.0. The number of aryl methyl sites for hydroxylation is 1. The Morgan fingerprint density at radius 1 is 1.27 bits per heavy atom. The fourth-order valence-corrected chi connectivity index (χ4v) is 5.65. The Morgan fingerprint density at radius 3 is 2.75 bits per heavy atom. The Bertz CT molecular complexity index is 1930. The standard InChI is InChI=1S/C27H16ClF3N4O4S/c1-12-34-19-9-18(29)21(25(30)31)16(10-32)22(19)26(36)35(12)6-7-39-20-3-2-13(28)8-15(20)14-4-5-33-23-17(27(37)38)11-40-24(14)23/h2-5,8-9,11,25H,6-7H2,1H3,(H,37,38). The van der Waals surface area contributed by atoms with Gasteiger partial charge in [-0.05, 0) is 31.2 Å². The number of nitrogens with zero attached hydrogens (tertiary/aromatic N) is 4. The molecular weight excluding hydrogens is 569 g/mol. The zero-order valence-corrected chi connectivity index (χ0v) is 22.0. The summed E-state index contributed by atoms with van der Waals surface area (Å²) in [6.45, 7) is 1.34.